The summed E-state index contributed by atoms with van der Waals surface area (Å²) < 4.78 is 4.66. The summed E-state index contributed by atoms with van der Waals surface area (Å²) >= 11 is 0. The number of nitrogens with zero attached hydrogens (tertiary/aromatic N) is 1. The van der Waals surface area contributed by atoms with Gasteiger partial charge in [-0.15, -0.1) is 0 Å². The smallest absolute Gasteiger partial charge is 0.324 e. The Hall–Kier alpha value is -1.59. The molecule has 6 nitrogen and oxygen atoms in total. The summed E-state index contributed by atoms with van der Waals surface area (Å²) in [4.78, 5) is 34.0. The van der Waals surface area contributed by atoms with Gasteiger partial charge in [-0.1, -0.05) is 0 Å². The van der Waals surface area contributed by atoms with E-state index in [0.717, 1.165) is 4.90 Å². The van der Waals surface area contributed by atoms with Crippen molar-refractivity contribution in [1.82, 2.24) is 10.2 Å². The summed E-state index contributed by atoms with van der Waals surface area (Å²) in [7, 11) is 0. The summed E-state index contributed by atoms with van der Waals surface area (Å²) in [5, 5.41) is 2.36. The molecule has 1 saturated heterocycles. The Morgan fingerprint density at radius 2 is 2.29 bits per heavy atom. The monoisotopic (exact) mass is 200 g/mol. The number of hydrogen-bond acceptors (Lipinski definition) is 4. The fraction of sp³-hybridized carbons (Fsp3) is 0.625. The number of carbonyl (C=O) groups excluding carboxylic acids is 3. The van der Waals surface area contributed by atoms with Crippen LogP contribution in [0.5, 0.6) is 0 Å². The third-order valence-corrected chi connectivity index (χ3v) is 1.78. The zero-order valence-electron chi connectivity index (χ0n) is 7.91. The lowest BCUT2D eigenvalue weighted by Crippen LogP contribution is -2.33. The van der Waals surface area contributed by atoms with Crippen LogP contribution in [0, 0.1) is 0 Å². The number of ether oxygens (including phenoxy) is 1. The highest BCUT2D eigenvalue weighted by molar-refractivity contribution is 6.02. The first kappa shape index (κ1) is 10.5. The van der Waals surface area contributed by atoms with Crippen LogP contribution in [0.25, 0.3) is 0 Å². The number of urea groups is 1. The molecule has 0 aliphatic carbocycles. The Kier molecular flexibility index (Phi) is 3.44. The number of amides is 3. The van der Waals surface area contributed by atoms with Gasteiger partial charge in [0.05, 0.1) is 19.6 Å². The maximum absolute atomic E-state index is 11.0. The summed E-state index contributed by atoms with van der Waals surface area (Å²) in [6.07, 6.45) is 0.0486. The number of esters is 1. The maximum atomic E-state index is 11.0. The predicted molar refractivity (Wildman–Crippen MR) is 46.4 cm³/mol. The Balaban J connectivity index is 2.33. The fourth-order valence-electron chi connectivity index (χ4n) is 1.12. The molecule has 3 amide bonds. The van der Waals surface area contributed by atoms with Crippen LogP contribution in [-0.2, 0) is 14.3 Å². The molecular formula is C8H12N2O4. The highest BCUT2D eigenvalue weighted by Crippen LogP contribution is 2.00. The summed E-state index contributed by atoms with van der Waals surface area (Å²) in [5.41, 5.74) is 0. The first-order valence-electron chi connectivity index (χ1n) is 4.39. The molecule has 0 atom stereocenters. The maximum Gasteiger partial charge on any atom is 0.324 e. The van der Waals surface area contributed by atoms with Crippen LogP contribution in [0.3, 0.4) is 0 Å². The molecule has 0 saturated carbocycles. The van der Waals surface area contributed by atoms with Crippen LogP contribution < -0.4 is 5.32 Å². The lowest BCUT2D eigenvalue weighted by molar-refractivity contribution is -0.143. The highest BCUT2D eigenvalue weighted by Gasteiger charge is 2.28. The molecule has 1 fully saturated rings. The Labute approximate surface area is 81.2 Å². The van der Waals surface area contributed by atoms with Crippen LogP contribution in [0.1, 0.15) is 13.3 Å². The van der Waals surface area contributed by atoms with Crippen molar-refractivity contribution in [2.75, 3.05) is 19.7 Å². The van der Waals surface area contributed by atoms with E-state index in [1.807, 2.05) is 0 Å². The van der Waals surface area contributed by atoms with E-state index in [9.17, 15) is 14.4 Å². The third kappa shape index (κ3) is 2.45. The van der Waals surface area contributed by atoms with Crippen molar-refractivity contribution in [2.45, 2.75) is 13.3 Å². The molecule has 1 rings (SSSR count). The zero-order valence-corrected chi connectivity index (χ0v) is 7.91. The molecule has 1 aliphatic heterocycles. The van der Waals surface area contributed by atoms with Crippen molar-refractivity contribution in [3.8, 4) is 0 Å². The van der Waals surface area contributed by atoms with Crippen LogP contribution in [-0.4, -0.2) is 42.5 Å². The molecule has 1 heterocycles. The average Bonchev–Trinajstić information content (AvgIpc) is 2.44. The molecule has 0 unspecified atom stereocenters. The van der Waals surface area contributed by atoms with Crippen LogP contribution in [0.15, 0.2) is 0 Å². The van der Waals surface area contributed by atoms with E-state index in [-0.39, 0.29) is 25.4 Å². The quantitative estimate of drug-likeness (QED) is 0.490. The largest absolute Gasteiger partial charge is 0.466 e. The molecule has 0 aromatic rings. The van der Waals surface area contributed by atoms with Gasteiger partial charge < -0.3 is 10.1 Å². The van der Waals surface area contributed by atoms with E-state index < -0.39 is 12.0 Å². The van der Waals surface area contributed by atoms with Crippen molar-refractivity contribution < 1.29 is 19.1 Å². The van der Waals surface area contributed by atoms with Crippen molar-refractivity contribution in [2.24, 2.45) is 0 Å². The van der Waals surface area contributed by atoms with Crippen molar-refractivity contribution in [1.29, 1.82) is 0 Å². The zero-order chi connectivity index (χ0) is 10.6. The lowest BCUT2D eigenvalue weighted by Gasteiger charge is -2.10. The van der Waals surface area contributed by atoms with Gasteiger partial charge in [-0.3, -0.25) is 14.5 Å². The molecule has 1 N–H and O–H groups in total. The summed E-state index contributed by atoms with van der Waals surface area (Å²) in [6, 6.07) is -0.445. The minimum Gasteiger partial charge on any atom is -0.466 e. The van der Waals surface area contributed by atoms with Gasteiger partial charge in [-0.2, -0.15) is 0 Å². The van der Waals surface area contributed by atoms with Gasteiger partial charge in [0.25, 0.3) is 0 Å². The van der Waals surface area contributed by atoms with Crippen molar-refractivity contribution in [3.63, 3.8) is 0 Å². The first-order valence-corrected chi connectivity index (χ1v) is 4.39. The minimum absolute atomic E-state index is 0.0155. The lowest BCUT2D eigenvalue weighted by atomic mass is 10.4. The van der Waals surface area contributed by atoms with E-state index >= 15 is 0 Å². The molecule has 0 spiro atoms. The molecular weight excluding hydrogens is 188 g/mol. The van der Waals surface area contributed by atoms with E-state index in [4.69, 9.17) is 0 Å². The molecule has 6 heteroatoms. The molecule has 1 aliphatic rings. The highest BCUT2D eigenvalue weighted by atomic mass is 16.5. The van der Waals surface area contributed by atoms with Gasteiger partial charge in [-0.05, 0) is 6.92 Å². The van der Waals surface area contributed by atoms with Gasteiger partial charge in [-0.25, -0.2) is 4.79 Å². The standard InChI is InChI=1S/C8H12N2O4/c1-2-14-7(12)3-4-10-6(11)5-9-8(10)13/h2-5H2,1H3,(H,9,13). The molecule has 0 aromatic heterocycles. The predicted octanol–water partition coefficient (Wildman–Crippen LogP) is -0.509. The van der Waals surface area contributed by atoms with Crippen LogP contribution in [0.4, 0.5) is 4.79 Å². The summed E-state index contributed by atoms with van der Waals surface area (Å²) in [5.74, 6) is -0.709. The van der Waals surface area contributed by atoms with Crippen LogP contribution in [0.2, 0.25) is 0 Å². The fourth-order valence-corrected chi connectivity index (χ4v) is 1.12. The van der Waals surface area contributed by atoms with Gasteiger partial charge in [0.15, 0.2) is 0 Å². The Bertz CT molecular complexity index is 248. The van der Waals surface area contributed by atoms with E-state index in [1.54, 1.807) is 6.92 Å². The second kappa shape index (κ2) is 4.59. The van der Waals surface area contributed by atoms with Crippen molar-refractivity contribution >= 4 is 17.9 Å². The van der Waals surface area contributed by atoms with Crippen molar-refractivity contribution in [3.05, 3.63) is 0 Å². The van der Waals surface area contributed by atoms with E-state index in [0.29, 0.717) is 6.61 Å². The molecule has 14 heavy (non-hydrogen) atoms. The summed E-state index contributed by atoms with van der Waals surface area (Å²) in [6.45, 7) is 2.11. The molecule has 78 valence electrons. The number of imide groups is 1. The van der Waals surface area contributed by atoms with E-state index in [1.165, 1.54) is 0 Å². The minimum atomic E-state index is -0.445. The van der Waals surface area contributed by atoms with Gasteiger partial charge in [0.1, 0.15) is 0 Å². The average molecular weight is 200 g/mol. The Morgan fingerprint density at radius 3 is 2.79 bits per heavy atom. The van der Waals surface area contributed by atoms with Gasteiger partial charge in [0, 0.05) is 6.54 Å². The molecule has 0 radical (unpaired) electrons. The molecule has 0 aromatic carbocycles. The number of hydrogen-bond donors (Lipinski definition) is 1. The van der Waals surface area contributed by atoms with Gasteiger partial charge >= 0.3 is 12.0 Å². The second-order valence-electron chi connectivity index (χ2n) is 2.76. The Morgan fingerprint density at radius 1 is 1.57 bits per heavy atom. The second-order valence-corrected chi connectivity index (χ2v) is 2.76. The number of rotatable bonds is 4. The number of carbonyl (C=O) groups is 3. The SMILES string of the molecule is CCOC(=O)CCN1C(=O)CNC1=O. The molecule has 0 bridgehead atoms. The normalized spacial score (nSPS) is 15.6. The third-order valence-electron chi connectivity index (χ3n) is 1.78. The topological polar surface area (TPSA) is 75.7 Å². The van der Waals surface area contributed by atoms with Crippen LogP contribution >= 0.6 is 0 Å². The number of nitrogens with one attached hydrogen (secondary N) is 1. The first-order chi connectivity index (χ1) is 6.65. The van der Waals surface area contributed by atoms with E-state index in [2.05, 4.69) is 10.1 Å². The van der Waals surface area contributed by atoms with Gasteiger partial charge in [0.2, 0.25) is 5.91 Å².